The first-order valence-corrected chi connectivity index (χ1v) is 7.50. The van der Waals surface area contributed by atoms with Gasteiger partial charge in [-0.05, 0) is 25.3 Å². The lowest BCUT2D eigenvalue weighted by molar-refractivity contribution is 0.561. The van der Waals surface area contributed by atoms with Crippen molar-refractivity contribution >= 4 is 11.1 Å². The second-order valence-electron chi connectivity index (χ2n) is 2.61. The number of allylic oxidation sites excluding steroid dienone is 5. The van der Waals surface area contributed by atoms with E-state index in [0.717, 1.165) is 18.4 Å². The third kappa shape index (κ3) is 21.2. The molecule has 0 fully saturated rings. The quantitative estimate of drug-likeness (QED) is 0.554. The lowest BCUT2D eigenvalue weighted by Gasteiger charge is -1.99. The minimum absolute atomic E-state index is 0.339. The summed E-state index contributed by atoms with van der Waals surface area (Å²) in [4.78, 5) is 0. The molecule has 0 amide bonds. The highest BCUT2D eigenvalue weighted by Crippen LogP contribution is 2.07. The van der Waals surface area contributed by atoms with Gasteiger partial charge in [0.15, 0.2) is 11.1 Å². The van der Waals surface area contributed by atoms with Gasteiger partial charge < -0.3 is 4.55 Å². The van der Waals surface area contributed by atoms with Crippen LogP contribution in [0.3, 0.4) is 0 Å². The summed E-state index contributed by atoms with van der Waals surface area (Å²) in [5, 5.41) is 0. The molecule has 3 heteroatoms. The summed E-state index contributed by atoms with van der Waals surface area (Å²) in [6.45, 7) is 13.6. The molecule has 102 valence electrons. The van der Waals surface area contributed by atoms with Gasteiger partial charge in [-0.2, -0.15) is 0 Å². The largest absolute Gasteiger partial charge is 0.306 e. The minimum Gasteiger partial charge on any atom is -0.306 e. The molecule has 2 nitrogen and oxygen atoms in total. The highest BCUT2D eigenvalue weighted by Gasteiger charge is 1.95. The van der Waals surface area contributed by atoms with Crippen LogP contribution >= 0.6 is 0 Å². The highest BCUT2D eigenvalue weighted by molar-refractivity contribution is 7.79. The summed E-state index contributed by atoms with van der Waals surface area (Å²) in [6, 6.07) is 0. The van der Waals surface area contributed by atoms with Gasteiger partial charge in [0.25, 0.3) is 0 Å². The number of hydrogen-bond donors (Lipinski definition) is 1. The molecular weight excluding hydrogens is 232 g/mol. The van der Waals surface area contributed by atoms with Crippen molar-refractivity contribution in [2.45, 2.75) is 47.5 Å². The molecule has 0 aromatic rings. The van der Waals surface area contributed by atoms with Gasteiger partial charge >= 0.3 is 0 Å². The molecule has 1 N–H and O–H groups in total. The molecule has 0 bridgehead atoms. The van der Waals surface area contributed by atoms with E-state index in [1.807, 2.05) is 52.8 Å². The lowest BCUT2D eigenvalue weighted by Crippen LogP contribution is -1.94. The van der Waals surface area contributed by atoms with Gasteiger partial charge in [-0.1, -0.05) is 58.6 Å². The Kier molecular flexibility index (Phi) is 26.3. The van der Waals surface area contributed by atoms with E-state index in [9.17, 15) is 4.21 Å². The molecule has 0 aromatic carbocycles. The first-order chi connectivity index (χ1) is 8.20. The summed E-state index contributed by atoms with van der Waals surface area (Å²) in [6.07, 6.45) is 9.13. The van der Waals surface area contributed by atoms with Gasteiger partial charge in [-0.15, -0.1) is 0 Å². The Morgan fingerprint density at radius 2 is 1.82 bits per heavy atom. The standard InChI is InChI=1S/C10H16O2S.2C2H6/c1-3-6-10(7-4-2)8-5-9-13(11)12;2*1-2/h3-4,6-7H,1,5,8-9H2,2H3,(H,11,12);2*1-2H3/b7-4-,10-6+;;. The third-order valence-corrected chi connectivity index (χ3v) is 2.13. The molecule has 0 aliphatic rings. The molecular formula is C14H28O2S. The van der Waals surface area contributed by atoms with Crippen molar-refractivity contribution in [2.75, 3.05) is 5.75 Å². The molecule has 0 radical (unpaired) electrons. The average Bonchev–Trinajstić information content (AvgIpc) is 2.34. The zero-order valence-electron chi connectivity index (χ0n) is 11.9. The van der Waals surface area contributed by atoms with Crippen LogP contribution in [0.1, 0.15) is 47.5 Å². The van der Waals surface area contributed by atoms with Crippen molar-refractivity contribution in [3.63, 3.8) is 0 Å². The van der Waals surface area contributed by atoms with Crippen molar-refractivity contribution in [3.8, 4) is 0 Å². The van der Waals surface area contributed by atoms with Crippen molar-refractivity contribution in [1.29, 1.82) is 0 Å². The molecule has 1 atom stereocenters. The van der Waals surface area contributed by atoms with Gasteiger partial charge in [-0.25, -0.2) is 4.21 Å². The Morgan fingerprint density at radius 1 is 1.29 bits per heavy atom. The van der Waals surface area contributed by atoms with Crippen LogP contribution in [0.25, 0.3) is 0 Å². The van der Waals surface area contributed by atoms with E-state index in [1.165, 1.54) is 0 Å². The Labute approximate surface area is 110 Å². The Morgan fingerprint density at radius 3 is 2.18 bits per heavy atom. The summed E-state index contributed by atoms with van der Waals surface area (Å²) < 4.78 is 18.9. The maximum atomic E-state index is 10.4. The van der Waals surface area contributed by atoms with Crippen LogP contribution in [0.4, 0.5) is 0 Å². The first kappa shape index (κ1) is 21.6. The molecule has 0 heterocycles. The molecule has 0 saturated carbocycles. The monoisotopic (exact) mass is 260 g/mol. The van der Waals surface area contributed by atoms with Crippen LogP contribution < -0.4 is 0 Å². The molecule has 0 rings (SSSR count). The smallest absolute Gasteiger partial charge is 0.152 e. The van der Waals surface area contributed by atoms with Crippen molar-refractivity contribution in [2.24, 2.45) is 0 Å². The average molecular weight is 260 g/mol. The molecule has 0 spiro atoms. The fourth-order valence-electron chi connectivity index (χ4n) is 0.987. The van der Waals surface area contributed by atoms with E-state index in [2.05, 4.69) is 6.58 Å². The third-order valence-electron chi connectivity index (χ3n) is 1.50. The maximum absolute atomic E-state index is 10.4. The minimum atomic E-state index is -1.67. The fraction of sp³-hybridized carbons (Fsp3) is 0.571. The van der Waals surface area contributed by atoms with E-state index in [1.54, 1.807) is 6.08 Å². The Bertz CT molecular complexity index is 230. The number of hydrogen-bond acceptors (Lipinski definition) is 1. The summed E-state index contributed by atoms with van der Waals surface area (Å²) in [5.74, 6) is 0.339. The molecule has 0 aliphatic heterocycles. The predicted molar refractivity (Wildman–Crippen MR) is 80.7 cm³/mol. The zero-order chi connectivity index (χ0) is 14.1. The van der Waals surface area contributed by atoms with Crippen LogP contribution in [-0.4, -0.2) is 14.5 Å². The van der Waals surface area contributed by atoms with Crippen molar-refractivity contribution in [1.82, 2.24) is 0 Å². The van der Waals surface area contributed by atoms with Gasteiger partial charge in [0.1, 0.15) is 0 Å². The molecule has 0 aliphatic carbocycles. The van der Waals surface area contributed by atoms with Crippen LogP contribution in [-0.2, 0) is 11.1 Å². The Balaban J connectivity index is -0.000000439. The summed E-state index contributed by atoms with van der Waals surface area (Å²) >= 11 is -1.67. The Hall–Kier alpha value is -0.670. The van der Waals surface area contributed by atoms with E-state index >= 15 is 0 Å². The lowest BCUT2D eigenvalue weighted by atomic mass is 10.1. The van der Waals surface area contributed by atoms with Gasteiger partial charge in [0, 0.05) is 5.75 Å². The molecule has 0 aromatic heterocycles. The fourth-order valence-corrected chi connectivity index (χ4v) is 1.38. The van der Waals surface area contributed by atoms with E-state index in [-0.39, 0.29) is 0 Å². The topological polar surface area (TPSA) is 37.3 Å². The second-order valence-corrected chi connectivity index (χ2v) is 3.66. The van der Waals surface area contributed by atoms with Crippen molar-refractivity contribution < 1.29 is 8.76 Å². The van der Waals surface area contributed by atoms with Crippen LogP contribution in [0.5, 0.6) is 0 Å². The second kappa shape index (κ2) is 20.7. The molecule has 0 saturated heterocycles. The normalized spacial score (nSPS) is 12.0. The predicted octanol–water partition coefficient (Wildman–Crippen LogP) is 4.73. The summed E-state index contributed by atoms with van der Waals surface area (Å²) in [7, 11) is 0. The van der Waals surface area contributed by atoms with Crippen LogP contribution in [0.2, 0.25) is 0 Å². The van der Waals surface area contributed by atoms with E-state index in [4.69, 9.17) is 4.55 Å². The number of rotatable bonds is 6. The zero-order valence-corrected chi connectivity index (χ0v) is 12.7. The highest BCUT2D eigenvalue weighted by atomic mass is 32.2. The van der Waals surface area contributed by atoms with Gasteiger partial charge in [0.05, 0.1) is 0 Å². The summed E-state index contributed by atoms with van der Waals surface area (Å²) in [5.41, 5.74) is 1.14. The van der Waals surface area contributed by atoms with Gasteiger partial charge in [0.2, 0.25) is 0 Å². The first-order valence-electron chi connectivity index (χ1n) is 6.22. The molecule has 1 unspecified atom stereocenters. The SMILES string of the molecule is C=C/C=C(\C=C/C)CCCS(=O)O.CC.CC. The molecule has 17 heavy (non-hydrogen) atoms. The van der Waals surface area contributed by atoms with E-state index in [0.29, 0.717) is 5.75 Å². The van der Waals surface area contributed by atoms with Crippen molar-refractivity contribution in [3.05, 3.63) is 36.5 Å². The van der Waals surface area contributed by atoms with E-state index < -0.39 is 11.1 Å². The van der Waals surface area contributed by atoms with Gasteiger partial charge in [-0.3, -0.25) is 0 Å². The maximum Gasteiger partial charge on any atom is 0.152 e. The van der Waals surface area contributed by atoms with Crippen LogP contribution in [0.15, 0.2) is 36.5 Å². The van der Waals surface area contributed by atoms with Crippen LogP contribution in [0, 0.1) is 0 Å².